The molecule has 2 nitrogen and oxygen atoms in total. The van der Waals surface area contributed by atoms with Gasteiger partial charge in [0.15, 0.2) is 0 Å². The highest BCUT2D eigenvalue weighted by Gasteiger charge is 2.17. The number of benzene rings is 1. The van der Waals surface area contributed by atoms with Gasteiger partial charge in [0.1, 0.15) is 0 Å². The molecule has 3 heteroatoms. The number of methoxy groups -OCH3 is 2. The summed E-state index contributed by atoms with van der Waals surface area (Å²) in [6, 6.07) is 8.88. The Kier molecular flexibility index (Phi) is 5.37. The van der Waals surface area contributed by atoms with E-state index in [0.717, 1.165) is 13.0 Å². The molecule has 0 fully saturated rings. The van der Waals surface area contributed by atoms with Gasteiger partial charge >= 0.3 is 0 Å². The van der Waals surface area contributed by atoms with Crippen molar-refractivity contribution in [2.24, 2.45) is 0 Å². The molecule has 1 rings (SSSR count). The van der Waals surface area contributed by atoms with Crippen molar-refractivity contribution in [3.05, 3.63) is 29.8 Å². The summed E-state index contributed by atoms with van der Waals surface area (Å²) in [7, 11) is 2.29. The maximum Gasteiger partial charge on any atom is 0.0843 e. The van der Waals surface area contributed by atoms with Crippen LogP contribution < -0.4 is 5.19 Å². The monoisotopic (exact) mass is 252 g/mol. The van der Waals surface area contributed by atoms with Crippen LogP contribution in [0.5, 0.6) is 0 Å². The lowest BCUT2D eigenvalue weighted by atomic mass is 10.1. The van der Waals surface area contributed by atoms with E-state index in [-0.39, 0.29) is 6.10 Å². The van der Waals surface area contributed by atoms with Crippen LogP contribution in [0.25, 0.3) is 0 Å². The maximum absolute atomic E-state index is 5.50. The van der Waals surface area contributed by atoms with Gasteiger partial charge in [-0.3, -0.25) is 0 Å². The Balaban J connectivity index is 2.78. The van der Waals surface area contributed by atoms with Crippen LogP contribution in [0.2, 0.25) is 19.6 Å². The fourth-order valence-corrected chi connectivity index (χ4v) is 3.01. The first-order valence-corrected chi connectivity index (χ1v) is 9.61. The quantitative estimate of drug-likeness (QED) is 0.725. The van der Waals surface area contributed by atoms with Crippen molar-refractivity contribution in [3.63, 3.8) is 0 Å². The standard InChI is InChI=1S/C14H24O2Si/c1-15-11-10-14(16-2)12-6-8-13(9-7-12)17(3,4)5/h6-9,14H,10-11H2,1-5H3. The summed E-state index contributed by atoms with van der Waals surface area (Å²) < 4.78 is 10.6. The normalized spacial score (nSPS) is 13.7. The molecule has 0 aliphatic rings. The van der Waals surface area contributed by atoms with Gasteiger partial charge in [0, 0.05) is 27.2 Å². The molecule has 1 unspecified atom stereocenters. The van der Waals surface area contributed by atoms with Gasteiger partial charge in [-0.15, -0.1) is 0 Å². The molecule has 0 heterocycles. The minimum atomic E-state index is -1.19. The van der Waals surface area contributed by atoms with Crippen molar-refractivity contribution >= 4 is 13.3 Å². The predicted octanol–water partition coefficient (Wildman–Crippen LogP) is 2.96. The maximum atomic E-state index is 5.50. The van der Waals surface area contributed by atoms with E-state index in [2.05, 4.69) is 43.9 Å². The molecule has 0 saturated heterocycles. The third-order valence-electron chi connectivity index (χ3n) is 3.02. The highest BCUT2D eigenvalue weighted by molar-refractivity contribution is 6.88. The number of ether oxygens (including phenoxy) is 2. The molecule has 1 atom stereocenters. The molecule has 0 aliphatic carbocycles. The van der Waals surface area contributed by atoms with Gasteiger partial charge in [-0.2, -0.15) is 0 Å². The van der Waals surface area contributed by atoms with Crippen molar-refractivity contribution in [2.75, 3.05) is 20.8 Å². The van der Waals surface area contributed by atoms with E-state index in [4.69, 9.17) is 9.47 Å². The summed E-state index contributed by atoms with van der Waals surface area (Å²) >= 11 is 0. The Morgan fingerprint density at radius 1 is 1.06 bits per heavy atom. The first-order valence-electron chi connectivity index (χ1n) is 6.11. The van der Waals surface area contributed by atoms with Crippen LogP contribution in [0.3, 0.4) is 0 Å². The molecular weight excluding hydrogens is 228 g/mol. The van der Waals surface area contributed by atoms with Gasteiger partial charge < -0.3 is 9.47 Å². The minimum absolute atomic E-state index is 0.144. The van der Waals surface area contributed by atoms with E-state index < -0.39 is 8.07 Å². The van der Waals surface area contributed by atoms with E-state index in [1.165, 1.54) is 10.8 Å². The van der Waals surface area contributed by atoms with Crippen molar-refractivity contribution < 1.29 is 9.47 Å². The van der Waals surface area contributed by atoms with Crippen LogP contribution in [0.4, 0.5) is 0 Å². The molecule has 17 heavy (non-hydrogen) atoms. The number of hydrogen-bond acceptors (Lipinski definition) is 2. The number of rotatable bonds is 6. The molecule has 96 valence electrons. The summed E-state index contributed by atoms with van der Waals surface area (Å²) in [6.07, 6.45) is 1.05. The number of hydrogen-bond donors (Lipinski definition) is 0. The van der Waals surface area contributed by atoms with Crippen molar-refractivity contribution in [1.29, 1.82) is 0 Å². The molecule has 0 bridgehead atoms. The van der Waals surface area contributed by atoms with Gasteiger partial charge in [0.25, 0.3) is 0 Å². The Bertz CT molecular complexity index is 327. The van der Waals surface area contributed by atoms with Crippen molar-refractivity contribution in [3.8, 4) is 0 Å². The third kappa shape index (κ3) is 4.26. The van der Waals surface area contributed by atoms with Crippen molar-refractivity contribution in [2.45, 2.75) is 32.2 Å². The highest BCUT2D eigenvalue weighted by Crippen LogP contribution is 2.20. The second-order valence-electron chi connectivity index (χ2n) is 5.38. The summed E-state index contributed by atoms with van der Waals surface area (Å²) in [6.45, 7) is 7.82. The lowest BCUT2D eigenvalue weighted by Crippen LogP contribution is -2.37. The predicted molar refractivity (Wildman–Crippen MR) is 75.7 cm³/mol. The van der Waals surface area contributed by atoms with E-state index in [0.29, 0.717) is 0 Å². The van der Waals surface area contributed by atoms with E-state index in [1.807, 2.05) is 0 Å². The van der Waals surface area contributed by atoms with Gasteiger partial charge in [0.05, 0.1) is 14.2 Å². The molecule has 0 radical (unpaired) electrons. The largest absolute Gasteiger partial charge is 0.385 e. The Hall–Kier alpha value is -0.643. The topological polar surface area (TPSA) is 18.5 Å². The van der Waals surface area contributed by atoms with Crippen LogP contribution in [0.1, 0.15) is 18.1 Å². The van der Waals surface area contributed by atoms with E-state index in [1.54, 1.807) is 14.2 Å². The molecule has 1 aromatic rings. The summed E-state index contributed by atoms with van der Waals surface area (Å²) in [5.74, 6) is 0. The lowest BCUT2D eigenvalue weighted by Gasteiger charge is -2.19. The summed E-state index contributed by atoms with van der Waals surface area (Å²) in [5, 5.41) is 1.49. The van der Waals surface area contributed by atoms with Crippen LogP contribution in [0.15, 0.2) is 24.3 Å². The van der Waals surface area contributed by atoms with Crippen LogP contribution in [0, 0.1) is 0 Å². The molecule has 0 amide bonds. The molecular formula is C14H24O2Si. The molecule has 0 aliphatic heterocycles. The van der Waals surface area contributed by atoms with Crippen LogP contribution in [-0.4, -0.2) is 28.9 Å². The fourth-order valence-electron chi connectivity index (χ4n) is 1.84. The van der Waals surface area contributed by atoms with E-state index in [9.17, 15) is 0 Å². The van der Waals surface area contributed by atoms with Gasteiger partial charge in [-0.1, -0.05) is 49.1 Å². The van der Waals surface area contributed by atoms with Gasteiger partial charge in [-0.05, 0) is 5.56 Å². The van der Waals surface area contributed by atoms with Gasteiger partial charge in [-0.25, -0.2) is 0 Å². The molecule has 1 aromatic carbocycles. The molecule has 0 saturated carbocycles. The Morgan fingerprint density at radius 3 is 2.06 bits per heavy atom. The molecule has 0 spiro atoms. The van der Waals surface area contributed by atoms with Crippen LogP contribution in [-0.2, 0) is 9.47 Å². The summed E-state index contributed by atoms with van der Waals surface area (Å²) in [4.78, 5) is 0. The SMILES string of the molecule is COCCC(OC)c1ccc([Si](C)(C)C)cc1. The van der Waals surface area contributed by atoms with E-state index >= 15 is 0 Å². The average molecular weight is 252 g/mol. The third-order valence-corrected chi connectivity index (χ3v) is 5.08. The zero-order valence-corrected chi connectivity index (χ0v) is 12.6. The first kappa shape index (κ1) is 14.4. The highest BCUT2D eigenvalue weighted by atomic mass is 28.3. The second kappa shape index (κ2) is 6.33. The minimum Gasteiger partial charge on any atom is -0.385 e. The average Bonchev–Trinajstić information content (AvgIpc) is 2.29. The van der Waals surface area contributed by atoms with Crippen LogP contribution >= 0.6 is 0 Å². The zero-order valence-electron chi connectivity index (χ0n) is 11.6. The Labute approximate surface area is 106 Å². The zero-order chi connectivity index (χ0) is 12.9. The second-order valence-corrected chi connectivity index (χ2v) is 10.5. The summed E-state index contributed by atoms with van der Waals surface area (Å²) in [5.41, 5.74) is 1.24. The lowest BCUT2D eigenvalue weighted by molar-refractivity contribution is 0.0662. The Morgan fingerprint density at radius 2 is 1.65 bits per heavy atom. The van der Waals surface area contributed by atoms with Gasteiger partial charge in [0.2, 0.25) is 0 Å². The first-order chi connectivity index (χ1) is 7.99. The fraction of sp³-hybridized carbons (Fsp3) is 0.571. The van der Waals surface area contributed by atoms with Crippen molar-refractivity contribution in [1.82, 2.24) is 0 Å². The molecule has 0 aromatic heterocycles. The smallest absolute Gasteiger partial charge is 0.0843 e. The molecule has 0 N–H and O–H groups in total.